The number of nitrogen functional groups attached to an aromatic ring is 1. The largest absolute Gasteiger partial charge is 0.398 e. The highest BCUT2D eigenvalue weighted by Gasteiger charge is 1.99. The Morgan fingerprint density at radius 2 is 1.77 bits per heavy atom. The summed E-state index contributed by atoms with van der Waals surface area (Å²) in [7, 11) is 0. The second-order valence-corrected chi connectivity index (χ2v) is 3.67. The predicted molar refractivity (Wildman–Crippen MR) is 59.7 cm³/mol. The van der Waals surface area contributed by atoms with E-state index in [9.17, 15) is 0 Å². The number of nitrogens with two attached hydrogens (primary N) is 1. The minimum atomic E-state index is 0.610. The Morgan fingerprint density at radius 3 is 2.31 bits per heavy atom. The van der Waals surface area contributed by atoms with Crippen molar-refractivity contribution in [1.82, 2.24) is 0 Å². The van der Waals surface area contributed by atoms with E-state index in [2.05, 4.69) is 6.07 Å². The first-order valence-electron chi connectivity index (χ1n) is 4.27. The van der Waals surface area contributed by atoms with Gasteiger partial charge in [0.05, 0.1) is 0 Å². The van der Waals surface area contributed by atoms with Gasteiger partial charge in [-0.2, -0.15) is 0 Å². The van der Waals surface area contributed by atoms with Crippen molar-refractivity contribution in [2.45, 2.75) is 12.8 Å². The molecule has 1 nitrogen and oxygen atoms in total. The minimum Gasteiger partial charge on any atom is -0.398 e. The molecule has 0 fully saturated rings. The molecule has 1 rings (SSSR count). The second kappa shape index (κ2) is 5.36. The van der Waals surface area contributed by atoms with Crippen LogP contribution in [-0.4, -0.2) is 11.8 Å². The zero-order valence-corrected chi connectivity index (χ0v) is 8.91. The summed E-state index contributed by atoms with van der Waals surface area (Å²) in [6.45, 7) is 0. The van der Waals surface area contributed by atoms with Crippen LogP contribution in [0.2, 0.25) is 0 Å². The van der Waals surface area contributed by atoms with Gasteiger partial charge < -0.3 is 5.73 Å². The topological polar surface area (TPSA) is 26.0 Å². The van der Waals surface area contributed by atoms with E-state index in [0.717, 1.165) is 24.1 Å². The van der Waals surface area contributed by atoms with E-state index < -0.39 is 0 Å². The molecule has 0 aliphatic rings. The summed E-state index contributed by atoms with van der Waals surface area (Å²) < 4.78 is 0. The Hall–Kier alpha value is -0.400. The Balaban J connectivity index is 2.79. The summed E-state index contributed by atoms with van der Waals surface area (Å²) in [5.41, 5.74) is 8.96. The minimum absolute atomic E-state index is 0.610. The van der Waals surface area contributed by atoms with Gasteiger partial charge in [0.15, 0.2) is 0 Å². The molecule has 0 aliphatic carbocycles. The standard InChI is InChI=1S/C10H13Cl2N/c11-5-3-8-1-2-9(4-6-12)10(13)7-8/h1-2,7H,3-6,13H2. The lowest BCUT2D eigenvalue weighted by Gasteiger charge is -2.05. The molecule has 0 spiro atoms. The fraction of sp³-hybridized carbons (Fsp3) is 0.400. The SMILES string of the molecule is Nc1cc(CCCl)ccc1CCCl. The van der Waals surface area contributed by atoms with Gasteiger partial charge in [-0.25, -0.2) is 0 Å². The Morgan fingerprint density at radius 1 is 1.08 bits per heavy atom. The molecule has 0 aliphatic heterocycles. The van der Waals surface area contributed by atoms with E-state index in [1.165, 1.54) is 5.56 Å². The second-order valence-electron chi connectivity index (χ2n) is 2.91. The van der Waals surface area contributed by atoms with Crippen molar-refractivity contribution in [3.63, 3.8) is 0 Å². The molecule has 0 radical (unpaired) electrons. The highest BCUT2D eigenvalue weighted by molar-refractivity contribution is 6.18. The molecule has 3 heteroatoms. The molecule has 0 saturated carbocycles. The fourth-order valence-electron chi connectivity index (χ4n) is 1.24. The predicted octanol–water partition coefficient (Wildman–Crippen LogP) is 2.83. The third-order valence-electron chi connectivity index (χ3n) is 1.96. The monoisotopic (exact) mass is 217 g/mol. The zero-order chi connectivity index (χ0) is 9.68. The Labute approximate surface area is 88.8 Å². The van der Waals surface area contributed by atoms with Crippen LogP contribution in [0.5, 0.6) is 0 Å². The average molecular weight is 218 g/mol. The van der Waals surface area contributed by atoms with Gasteiger partial charge in [0, 0.05) is 17.4 Å². The Kier molecular flexibility index (Phi) is 4.40. The maximum atomic E-state index is 5.84. The first-order chi connectivity index (χ1) is 6.27. The molecule has 0 atom stereocenters. The number of anilines is 1. The van der Waals surface area contributed by atoms with Gasteiger partial charge in [-0.05, 0) is 30.0 Å². The number of rotatable bonds is 4. The van der Waals surface area contributed by atoms with Crippen molar-refractivity contribution in [3.05, 3.63) is 29.3 Å². The first kappa shape index (κ1) is 10.7. The molecule has 0 saturated heterocycles. The van der Waals surface area contributed by atoms with Crippen LogP contribution in [0.1, 0.15) is 11.1 Å². The highest BCUT2D eigenvalue weighted by atomic mass is 35.5. The van der Waals surface area contributed by atoms with Crippen LogP contribution in [0.15, 0.2) is 18.2 Å². The number of hydrogen-bond donors (Lipinski definition) is 1. The van der Waals surface area contributed by atoms with Crippen LogP contribution >= 0.6 is 23.2 Å². The molecule has 13 heavy (non-hydrogen) atoms. The van der Waals surface area contributed by atoms with Gasteiger partial charge in [-0.3, -0.25) is 0 Å². The number of benzene rings is 1. The maximum absolute atomic E-state index is 5.84. The number of halogens is 2. The van der Waals surface area contributed by atoms with E-state index in [1.807, 2.05) is 12.1 Å². The summed E-state index contributed by atoms with van der Waals surface area (Å²) in [6.07, 6.45) is 1.70. The van der Waals surface area contributed by atoms with E-state index in [1.54, 1.807) is 0 Å². The number of hydrogen-bond acceptors (Lipinski definition) is 1. The summed E-state index contributed by atoms with van der Waals surface area (Å²) in [6, 6.07) is 6.06. The molecule has 72 valence electrons. The number of aryl methyl sites for hydroxylation is 2. The van der Waals surface area contributed by atoms with E-state index in [4.69, 9.17) is 28.9 Å². The molecule has 0 heterocycles. The lowest BCUT2D eigenvalue weighted by molar-refractivity contribution is 1.11. The molecule has 2 N–H and O–H groups in total. The van der Waals surface area contributed by atoms with Crippen molar-refractivity contribution >= 4 is 28.9 Å². The van der Waals surface area contributed by atoms with Gasteiger partial charge in [0.2, 0.25) is 0 Å². The molecular formula is C10H13Cl2N. The summed E-state index contributed by atoms with van der Waals surface area (Å²) in [5, 5.41) is 0. The van der Waals surface area contributed by atoms with Gasteiger partial charge in [-0.1, -0.05) is 12.1 Å². The van der Waals surface area contributed by atoms with Gasteiger partial charge in [-0.15, -0.1) is 23.2 Å². The molecule has 1 aromatic carbocycles. The first-order valence-corrected chi connectivity index (χ1v) is 5.34. The summed E-state index contributed by atoms with van der Waals surface area (Å²) in [5.74, 6) is 1.24. The maximum Gasteiger partial charge on any atom is 0.0349 e. The van der Waals surface area contributed by atoms with Crippen molar-refractivity contribution in [3.8, 4) is 0 Å². The molecule has 1 aromatic rings. The van der Waals surface area contributed by atoms with Crippen molar-refractivity contribution in [1.29, 1.82) is 0 Å². The van der Waals surface area contributed by atoms with Crippen molar-refractivity contribution < 1.29 is 0 Å². The number of alkyl halides is 2. The van der Waals surface area contributed by atoms with Gasteiger partial charge in [0.1, 0.15) is 0 Å². The van der Waals surface area contributed by atoms with Crippen LogP contribution in [0.25, 0.3) is 0 Å². The molecule has 0 aromatic heterocycles. The fourth-order valence-corrected chi connectivity index (χ4v) is 1.66. The quantitative estimate of drug-likeness (QED) is 0.610. The highest BCUT2D eigenvalue weighted by Crippen LogP contribution is 2.16. The van der Waals surface area contributed by atoms with Crippen molar-refractivity contribution in [2.75, 3.05) is 17.5 Å². The average Bonchev–Trinajstić information content (AvgIpc) is 2.10. The van der Waals surface area contributed by atoms with E-state index >= 15 is 0 Å². The van der Waals surface area contributed by atoms with Crippen LogP contribution in [0.3, 0.4) is 0 Å². The smallest absolute Gasteiger partial charge is 0.0349 e. The van der Waals surface area contributed by atoms with Crippen LogP contribution in [0, 0.1) is 0 Å². The third-order valence-corrected chi connectivity index (χ3v) is 2.34. The zero-order valence-electron chi connectivity index (χ0n) is 7.39. The normalized spacial score (nSPS) is 10.3. The molecule has 0 bridgehead atoms. The van der Waals surface area contributed by atoms with E-state index in [0.29, 0.717) is 11.8 Å². The third kappa shape index (κ3) is 3.09. The summed E-state index contributed by atoms with van der Waals surface area (Å²) in [4.78, 5) is 0. The van der Waals surface area contributed by atoms with Gasteiger partial charge >= 0.3 is 0 Å². The van der Waals surface area contributed by atoms with Gasteiger partial charge in [0.25, 0.3) is 0 Å². The Bertz CT molecular complexity index is 274. The summed E-state index contributed by atoms with van der Waals surface area (Å²) >= 11 is 11.3. The molecule has 0 amide bonds. The van der Waals surface area contributed by atoms with Crippen molar-refractivity contribution in [2.24, 2.45) is 0 Å². The molecule has 0 unspecified atom stereocenters. The van der Waals surface area contributed by atoms with Crippen LogP contribution < -0.4 is 5.73 Å². The van der Waals surface area contributed by atoms with Crippen LogP contribution in [-0.2, 0) is 12.8 Å². The van der Waals surface area contributed by atoms with E-state index in [-0.39, 0.29) is 0 Å². The lowest BCUT2D eigenvalue weighted by Crippen LogP contribution is -1.97. The van der Waals surface area contributed by atoms with Crippen LogP contribution in [0.4, 0.5) is 5.69 Å². The molecular weight excluding hydrogens is 205 g/mol. The lowest BCUT2D eigenvalue weighted by atomic mass is 10.1.